The Morgan fingerprint density at radius 3 is 2.76 bits per heavy atom. The highest BCUT2D eigenvalue weighted by Crippen LogP contribution is 2.25. The molecule has 1 fully saturated rings. The van der Waals surface area contributed by atoms with Crippen LogP contribution in [0.3, 0.4) is 0 Å². The molecule has 9 nitrogen and oxygen atoms in total. The minimum atomic E-state index is -0.349. The molecular formula is C28H27N5O4. The SMILES string of the molecule is Cc1ccc2cc1OCC(=O)NCc1ccc(cc1)O[C@H]1CCN(c3cc(C#N)ccn3)C[C@@H]1NC2=O. The lowest BCUT2D eigenvalue weighted by Crippen LogP contribution is -2.57. The van der Waals surface area contributed by atoms with Crippen LogP contribution in [0.5, 0.6) is 11.5 Å². The van der Waals surface area contributed by atoms with E-state index in [0.717, 1.165) is 11.1 Å². The van der Waals surface area contributed by atoms with Gasteiger partial charge in [-0.1, -0.05) is 18.2 Å². The van der Waals surface area contributed by atoms with Crippen LogP contribution in [0.4, 0.5) is 5.82 Å². The Bertz CT molecular complexity index is 1350. The maximum atomic E-state index is 13.3. The highest BCUT2D eigenvalue weighted by atomic mass is 16.5. The van der Waals surface area contributed by atoms with Crippen molar-refractivity contribution in [3.05, 3.63) is 83.0 Å². The van der Waals surface area contributed by atoms with Crippen molar-refractivity contribution in [1.29, 1.82) is 5.26 Å². The number of anilines is 1. The molecule has 2 atom stereocenters. The Labute approximate surface area is 215 Å². The first-order chi connectivity index (χ1) is 18.0. The quantitative estimate of drug-likeness (QED) is 0.531. The van der Waals surface area contributed by atoms with Crippen molar-refractivity contribution in [3.8, 4) is 17.6 Å². The number of piperidine rings is 1. The minimum absolute atomic E-state index is 0.151. The molecule has 2 aromatic carbocycles. The Kier molecular flexibility index (Phi) is 6.90. The van der Waals surface area contributed by atoms with Crippen LogP contribution in [-0.4, -0.2) is 48.6 Å². The van der Waals surface area contributed by atoms with Crippen LogP contribution in [0.1, 0.15) is 33.5 Å². The Balaban J connectivity index is 1.45. The predicted molar refractivity (Wildman–Crippen MR) is 136 cm³/mol. The molecule has 3 aliphatic heterocycles. The number of aromatic nitrogens is 1. The monoisotopic (exact) mass is 497 g/mol. The molecule has 0 spiro atoms. The van der Waals surface area contributed by atoms with E-state index in [4.69, 9.17) is 9.47 Å². The van der Waals surface area contributed by atoms with Crippen molar-refractivity contribution in [2.45, 2.75) is 32.0 Å². The fraction of sp³-hybridized carbons (Fsp3) is 0.286. The summed E-state index contributed by atoms with van der Waals surface area (Å²) in [5.74, 6) is 1.32. The molecule has 4 heterocycles. The molecule has 0 aliphatic carbocycles. The summed E-state index contributed by atoms with van der Waals surface area (Å²) in [6.07, 6.45) is 1.98. The van der Waals surface area contributed by atoms with Gasteiger partial charge in [-0.05, 0) is 54.4 Å². The summed E-state index contributed by atoms with van der Waals surface area (Å²) >= 11 is 0. The van der Waals surface area contributed by atoms with E-state index >= 15 is 0 Å². The van der Waals surface area contributed by atoms with Crippen molar-refractivity contribution in [1.82, 2.24) is 15.6 Å². The minimum Gasteiger partial charge on any atom is -0.488 e. The molecule has 0 saturated carbocycles. The van der Waals surface area contributed by atoms with Gasteiger partial charge in [-0.2, -0.15) is 5.26 Å². The Morgan fingerprint density at radius 2 is 1.95 bits per heavy atom. The molecule has 0 radical (unpaired) electrons. The van der Waals surface area contributed by atoms with Crippen molar-refractivity contribution in [2.75, 3.05) is 24.6 Å². The zero-order valence-corrected chi connectivity index (χ0v) is 20.4. The lowest BCUT2D eigenvalue weighted by molar-refractivity contribution is -0.123. The molecule has 2 amide bonds. The van der Waals surface area contributed by atoms with Crippen LogP contribution in [-0.2, 0) is 11.3 Å². The van der Waals surface area contributed by atoms with E-state index in [9.17, 15) is 14.9 Å². The Morgan fingerprint density at radius 1 is 1.11 bits per heavy atom. The fourth-order valence-electron chi connectivity index (χ4n) is 4.48. The van der Waals surface area contributed by atoms with Gasteiger partial charge in [-0.15, -0.1) is 0 Å². The number of nitriles is 1. The number of pyridine rings is 1. The van der Waals surface area contributed by atoms with Gasteiger partial charge in [0.25, 0.3) is 11.8 Å². The van der Waals surface area contributed by atoms with Crippen LogP contribution in [0.15, 0.2) is 60.8 Å². The van der Waals surface area contributed by atoms with Crippen molar-refractivity contribution in [3.63, 3.8) is 0 Å². The van der Waals surface area contributed by atoms with Gasteiger partial charge in [-0.3, -0.25) is 9.59 Å². The van der Waals surface area contributed by atoms with Crippen LogP contribution >= 0.6 is 0 Å². The van der Waals surface area contributed by atoms with Gasteiger partial charge in [-0.25, -0.2) is 4.98 Å². The van der Waals surface area contributed by atoms with Gasteiger partial charge < -0.3 is 25.0 Å². The normalized spacial score (nSPS) is 19.8. The molecule has 3 aliphatic rings. The number of rotatable bonds is 1. The zero-order chi connectivity index (χ0) is 25.8. The molecule has 0 unspecified atom stereocenters. The van der Waals surface area contributed by atoms with Gasteiger partial charge in [0.15, 0.2) is 6.61 Å². The smallest absolute Gasteiger partial charge is 0.258 e. The molecule has 37 heavy (non-hydrogen) atoms. The number of benzene rings is 2. The highest BCUT2D eigenvalue weighted by molar-refractivity contribution is 5.95. The van der Waals surface area contributed by atoms with E-state index in [-0.39, 0.29) is 30.6 Å². The lowest BCUT2D eigenvalue weighted by Gasteiger charge is -2.39. The van der Waals surface area contributed by atoms with Crippen LogP contribution in [0.2, 0.25) is 0 Å². The summed E-state index contributed by atoms with van der Waals surface area (Å²) in [6, 6.07) is 17.9. The summed E-state index contributed by atoms with van der Waals surface area (Å²) in [7, 11) is 0. The number of nitrogens with zero attached hydrogens (tertiary/aromatic N) is 3. The third kappa shape index (κ3) is 5.64. The molecule has 1 aromatic heterocycles. The molecule has 9 heteroatoms. The van der Waals surface area contributed by atoms with E-state index in [2.05, 4.69) is 26.6 Å². The lowest BCUT2D eigenvalue weighted by atomic mass is 10.0. The zero-order valence-electron chi connectivity index (χ0n) is 20.4. The highest BCUT2D eigenvalue weighted by Gasteiger charge is 2.33. The topological polar surface area (TPSA) is 117 Å². The van der Waals surface area contributed by atoms with Gasteiger partial charge >= 0.3 is 0 Å². The largest absolute Gasteiger partial charge is 0.488 e. The van der Waals surface area contributed by atoms with E-state index < -0.39 is 0 Å². The van der Waals surface area contributed by atoms with Gasteiger partial charge in [0.1, 0.15) is 23.4 Å². The van der Waals surface area contributed by atoms with E-state index in [1.165, 1.54) is 0 Å². The number of carbonyl (C=O) groups is 2. The van der Waals surface area contributed by atoms with E-state index in [1.807, 2.05) is 31.2 Å². The average molecular weight is 498 g/mol. The number of ether oxygens (including phenoxy) is 2. The first-order valence-electron chi connectivity index (χ1n) is 12.2. The second-order valence-electron chi connectivity index (χ2n) is 9.18. The second-order valence-corrected chi connectivity index (χ2v) is 9.18. The summed E-state index contributed by atoms with van der Waals surface area (Å²) in [4.78, 5) is 32.1. The standard InChI is InChI=1S/C28H27N5O4/c1-18-2-5-21-13-25(18)36-17-27(34)31-15-19-3-6-22(7-4-19)37-24-9-11-33(16-23(24)32-28(21)35)26-12-20(14-29)8-10-30-26/h2-8,10,12-13,23-24H,9,11,15-17H2,1H3,(H,31,34)(H,32,35)/t23-,24-/m0/s1. The first-order valence-corrected chi connectivity index (χ1v) is 12.2. The van der Waals surface area contributed by atoms with E-state index in [1.54, 1.807) is 36.5 Å². The van der Waals surface area contributed by atoms with Crippen LogP contribution in [0, 0.1) is 18.3 Å². The summed E-state index contributed by atoms with van der Waals surface area (Å²) < 4.78 is 12.1. The van der Waals surface area contributed by atoms with Crippen LogP contribution in [0.25, 0.3) is 0 Å². The van der Waals surface area contributed by atoms with Crippen molar-refractivity contribution >= 4 is 17.6 Å². The molecule has 4 bridgehead atoms. The Hall–Kier alpha value is -4.58. The molecule has 2 N–H and O–H groups in total. The van der Waals surface area contributed by atoms with Gasteiger partial charge in [0.05, 0.1) is 17.7 Å². The molecule has 3 aromatic rings. The maximum Gasteiger partial charge on any atom is 0.258 e. The number of aryl methyl sites for hydroxylation is 1. The maximum absolute atomic E-state index is 13.3. The number of amides is 2. The summed E-state index contributed by atoms with van der Waals surface area (Å²) in [6.45, 7) is 3.21. The number of hydrogen-bond donors (Lipinski definition) is 2. The summed E-state index contributed by atoms with van der Waals surface area (Å²) in [5.41, 5.74) is 2.72. The molecule has 188 valence electrons. The average Bonchev–Trinajstić information content (AvgIpc) is 2.92. The van der Waals surface area contributed by atoms with Gasteiger partial charge in [0, 0.05) is 37.8 Å². The number of carbonyl (C=O) groups excluding carboxylic acids is 2. The predicted octanol–water partition coefficient (Wildman–Crippen LogP) is 2.73. The number of nitrogens with one attached hydrogen (secondary N) is 2. The third-order valence-corrected chi connectivity index (χ3v) is 6.57. The molecular weight excluding hydrogens is 470 g/mol. The fourth-order valence-corrected chi connectivity index (χ4v) is 4.48. The van der Waals surface area contributed by atoms with Gasteiger partial charge in [0.2, 0.25) is 0 Å². The number of fused-ring (bicyclic) bond motifs is 7. The number of hydrogen-bond acceptors (Lipinski definition) is 7. The van der Waals surface area contributed by atoms with Crippen molar-refractivity contribution in [2.24, 2.45) is 0 Å². The first kappa shape index (κ1) is 24.1. The van der Waals surface area contributed by atoms with E-state index in [0.29, 0.717) is 54.5 Å². The third-order valence-electron chi connectivity index (χ3n) is 6.57. The van der Waals surface area contributed by atoms with Crippen molar-refractivity contribution < 1.29 is 19.1 Å². The molecule has 1 saturated heterocycles. The molecule has 6 rings (SSSR count). The van der Waals surface area contributed by atoms with Crippen LogP contribution < -0.4 is 25.0 Å². The second kappa shape index (κ2) is 10.6. The summed E-state index contributed by atoms with van der Waals surface area (Å²) in [5, 5.41) is 15.3.